The smallest absolute Gasteiger partial charge is 0.310 e. The number of fused-ring (bicyclic) bond motifs is 1. The fraction of sp³-hybridized carbons (Fsp3) is 0.818. The maximum absolute atomic E-state index is 11.6. The van der Waals surface area contributed by atoms with Crippen LogP contribution in [0, 0.1) is 23.2 Å². The van der Waals surface area contributed by atoms with Gasteiger partial charge in [-0.2, -0.15) is 0 Å². The topological polar surface area (TPSA) is 43.4 Å². The van der Waals surface area contributed by atoms with E-state index >= 15 is 0 Å². The molecule has 3 rings (SSSR count). The second-order valence-electron chi connectivity index (χ2n) is 5.29. The van der Waals surface area contributed by atoms with Crippen LogP contribution < -0.4 is 0 Å². The van der Waals surface area contributed by atoms with Crippen LogP contribution >= 0.6 is 11.8 Å². The summed E-state index contributed by atoms with van der Waals surface area (Å²) in [4.78, 5) is 23.2. The minimum atomic E-state index is -0.125. The summed E-state index contributed by atoms with van der Waals surface area (Å²) in [5.74, 6) is 1.11. The molecule has 15 heavy (non-hydrogen) atoms. The molecule has 0 aromatic rings. The molecule has 4 unspecified atom stereocenters. The lowest BCUT2D eigenvalue weighted by molar-refractivity contribution is -0.150. The molecule has 2 aliphatic heterocycles. The molecule has 0 aromatic heterocycles. The lowest BCUT2D eigenvalue weighted by atomic mass is 9.93. The SMILES string of the molecule is CC1(C)C2C(=O)OC(C3CCSC3=O)C21. The van der Waals surface area contributed by atoms with Gasteiger partial charge in [0, 0.05) is 11.7 Å². The Morgan fingerprint density at radius 1 is 1.40 bits per heavy atom. The molecule has 3 aliphatic rings. The largest absolute Gasteiger partial charge is 0.461 e. The van der Waals surface area contributed by atoms with Crippen molar-refractivity contribution in [3.8, 4) is 0 Å². The molecule has 0 bridgehead atoms. The van der Waals surface area contributed by atoms with Gasteiger partial charge in [-0.3, -0.25) is 9.59 Å². The summed E-state index contributed by atoms with van der Waals surface area (Å²) in [5, 5.41) is 0.219. The molecule has 0 spiro atoms. The fourth-order valence-electron chi connectivity index (χ4n) is 3.16. The van der Waals surface area contributed by atoms with Gasteiger partial charge in [-0.25, -0.2) is 0 Å². The summed E-state index contributed by atoms with van der Waals surface area (Å²) in [6, 6.07) is 0. The molecule has 4 heteroatoms. The Labute approximate surface area is 92.9 Å². The summed E-state index contributed by atoms with van der Waals surface area (Å²) in [7, 11) is 0. The van der Waals surface area contributed by atoms with Crippen LogP contribution in [-0.2, 0) is 14.3 Å². The van der Waals surface area contributed by atoms with Crippen LogP contribution in [0.25, 0.3) is 0 Å². The monoisotopic (exact) mass is 226 g/mol. The first-order valence-corrected chi connectivity index (χ1v) is 6.39. The van der Waals surface area contributed by atoms with Crippen molar-refractivity contribution in [1.29, 1.82) is 0 Å². The number of carbonyl (C=O) groups is 2. The number of carbonyl (C=O) groups excluding carboxylic acids is 2. The Morgan fingerprint density at radius 2 is 2.13 bits per heavy atom. The predicted octanol–water partition coefficient (Wildman–Crippen LogP) is 1.46. The molecular formula is C11H14O3S. The van der Waals surface area contributed by atoms with Crippen molar-refractivity contribution in [2.75, 3.05) is 5.75 Å². The Hall–Kier alpha value is -0.510. The standard InChI is InChI=1S/C11H14O3S/c1-11(2)6-7(11)9(12)14-8(6)5-3-4-15-10(5)13/h5-8H,3-4H2,1-2H3. The van der Waals surface area contributed by atoms with Crippen molar-refractivity contribution >= 4 is 22.8 Å². The van der Waals surface area contributed by atoms with Crippen molar-refractivity contribution in [1.82, 2.24) is 0 Å². The Bertz CT molecular complexity index is 350. The fourth-order valence-corrected chi connectivity index (χ4v) is 4.20. The van der Waals surface area contributed by atoms with Crippen LogP contribution in [0.3, 0.4) is 0 Å². The van der Waals surface area contributed by atoms with E-state index in [-0.39, 0.29) is 40.4 Å². The molecule has 82 valence electrons. The van der Waals surface area contributed by atoms with E-state index < -0.39 is 0 Å². The summed E-state index contributed by atoms with van der Waals surface area (Å²) < 4.78 is 5.34. The van der Waals surface area contributed by atoms with E-state index in [0.29, 0.717) is 0 Å². The number of thioether (sulfide) groups is 1. The summed E-state index contributed by atoms with van der Waals surface area (Å²) in [5.41, 5.74) is 0.0630. The first kappa shape index (κ1) is 9.70. The van der Waals surface area contributed by atoms with Crippen molar-refractivity contribution in [2.45, 2.75) is 26.4 Å². The van der Waals surface area contributed by atoms with Gasteiger partial charge in [-0.05, 0) is 11.8 Å². The van der Waals surface area contributed by atoms with E-state index in [4.69, 9.17) is 4.74 Å². The number of rotatable bonds is 1. The molecule has 3 nitrogen and oxygen atoms in total. The zero-order valence-corrected chi connectivity index (χ0v) is 9.67. The summed E-state index contributed by atoms with van der Waals surface area (Å²) in [6.45, 7) is 4.20. The first-order valence-electron chi connectivity index (χ1n) is 5.40. The highest BCUT2D eigenvalue weighted by molar-refractivity contribution is 8.14. The van der Waals surface area contributed by atoms with Crippen LogP contribution in [0.4, 0.5) is 0 Å². The van der Waals surface area contributed by atoms with Crippen LogP contribution in [-0.4, -0.2) is 22.9 Å². The highest BCUT2D eigenvalue weighted by atomic mass is 32.2. The molecule has 1 aliphatic carbocycles. The van der Waals surface area contributed by atoms with Crippen molar-refractivity contribution in [2.24, 2.45) is 23.2 Å². The number of ether oxygens (including phenoxy) is 1. The maximum Gasteiger partial charge on any atom is 0.310 e. The van der Waals surface area contributed by atoms with Gasteiger partial charge < -0.3 is 4.74 Å². The average Bonchev–Trinajstić information content (AvgIpc) is 2.52. The van der Waals surface area contributed by atoms with E-state index in [1.165, 1.54) is 11.8 Å². The van der Waals surface area contributed by atoms with E-state index in [2.05, 4.69) is 13.8 Å². The zero-order chi connectivity index (χ0) is 10.8. The van der Waals surface area contributed by atoms with Gasteiger partial charge in [0.15, 0.2) is 5.12 Å². The third-order valence-electron chi connectivity index (χ3n) is 4.14. The van der Waals surface area contributed by atoms with Gasteiger partial charge in [-0.15, -0.1) is 0 Å². The van der Waals surface area contributed by atoms with Crippen molar-refractivity contribution < 1.29 is 14.3 Å². The number of esters is 1. The van der Waals surface area contributed by atoms with Crippen molar-refractivity contribution in [3.05, 3.63) is 0 Å². The van der Waals surface area contributed by atoms with E-state index in [1.807, 2.05) is 0 Å². The molecule has 3 fully saturated rings. The van der Waals surface area contributed by atoms with Gasteiger partial charge in [0.05, 0.1) is 11.8 Å². The van der Waals surface area contributed by atoms with Crippen LogP contribution in [0.2, 0.25) is 0 Å². The van der Waals surface area contributed by atoms with Gasteiger partial charge >= 0.3 is 5.97 Å². The van der Waals surface area contributed by atoms with Crippen LogP contribution in [0.5, 0.6) is 0 Å². The quantitative estimate of drug-likeness (QED) is 0.635. The van der Waals surface area contributed by atoms with Crippen molar-refractivity contribution in [3.63, 3.8) is 0 Å². The van der Waals surface area contributed by atoms with Gasteiger partial charge in [0.1, 0.15) is 6.10 Å². The summed E-state index contributed by atoms with van der Waals surface area (Å²) >= 11 is 1.38. The minimum absolute atomic E-state index is 0.0317. The van der Waals surface area contributed by atoms with Crippen LogP contribution in [0.15, 0.2) is 0 Å². The minimum Gasteiger partial charge on any atom is -0.461 e. The normalized spacial score (nSPS) is 46.5. The molecule has 2 saturated heterocycles. The zero-order valence-electron chi connectivity index (χ0n) is 8.86. The second kappa shape index (κ2) is 2.78. The van der Waals surface area contributed by atoms with E-state index in [0.717, 1.165) is 12.2 Å². The molecule has 2 heterocycles. The Kier molecular flexibility index (Phi) is 1.80. The molecule has 0 amide bonds. The van der Waals surface area contributed by atoms with E-state index in [1.54, 1.807) is 0 Å². The molecule has 0 aromatic carbocycles. The van der Waals surface area contributed by atoms with Gasteiger partial charge in [0.25, 0.3) is 0 Å². The number of hydrogen-bond donors (Lipinski definition) is 0. The highest BCUT2D eigenvalue weighted by Crippen LogP contribution is 2.66. The lowest BCUT2D eigenvalue weighted by Crippen LogP contribution is -2.30. The van der Waals surface area contributed by atoms with Crippen LogP contribution in [0.1, 0.15) is 20.3 Å². The molecular weight excluding hydrogens is 212 g/mol. The second-order valence-corrected chi connectivity index (χ2v) is 6.39. The lowest BCUT2D eigenvalue weighted by Gasteiger charge is -2.21. The first-order chi connectivity index (χ1) is 7.03. The number of hydrogen-bond acceptors (Lipinski definition) is 4. The third-order valence-corrected chi connectivity index (χ3v) is 5.17. The Morgan fingerprint density at radius 3 is 2.60 bits per heavy atom. The highest BCUT2D eigenvalue weighted by Gasteiger charge is 2.72. The summed E-state index contributed by atoms with van der Waals surface area (Å²) in [6.07, 6.45) is 0.751. The molecule has 0 N–H and O–H groups in total. The predicted molar refractivity (Wildman–Crippen MR) is 56.2 cm³/mol. The van der Waals surface area contributed by atoms with E-state index in [9.17, 15) is 9.59 Å². The molecule has 1 saturated carbocycles. The Balaban J connectivity index is 1.84. The maximum atomic E-state index is 11.6. The third kappa shape index (κ3) is 1.14. The van der Waals surface area contributed by atoms with Gasteiger partial charge in [-0.1, -0.05) is 25.6 Å². The number of cyclic esters (lactones) is 1. The molecule has 4 atom stereocenters. The molecule has 0 radical (unpaired) electrons. The average molecular weight is 226 g/mol. The van der Waals surface area contributed by atoms with Gasteiger partial charge in [0.2, 0.25) is 0 Å².